The Morgan fingerprint density at radius 2 is 1.68 bits per heavy atom. The van der Waals surface area contributed by atoms with Crippen LogP contribution in [0.3, 0.4) is 0 Å². The molecule has 38 heavy (non-hydrogen) atoms. The maximum atomic E-state index is 12.4. The van der Waals surface area contributed by atoms with E-state index in [1.54, 1.807) is 37.4 Å². The Morgan fingerprint density at radius 1 is 0.974 bits per heavy atom. The number of ether oxygens (including phenoxy) is 4. The molecule has 0 aliphatic heterocycles. The Bertz CT molecular complexity index is 1380. The van der Waals surface area contributed by atoms with Crippen molar-refractivity contribution in [2.24, 2.45) is 7.05 Å². The maximum Gasteiger partial charge on any atom is 0.387 e. The molecular weight excluding hydrogens is 522 g/mol. The lowest BCUT2D eigenvalue weighted by Gasteiger charge is -2.14. The van der Waals surface area contributed by atoms with E-state index in [1.807, 2.05) is 29.8 Å². The van der Waals surface area contributed by atoms with E-state index in [2.05, 4.69) is 9.72 Å². The Kier molecular flexibility index (Phi) is 9.72. The minimum atomic E-state index is -2.89. The SMILES string of the molecule is COc1ccc2nc(COc3ccc(CCC(=O)O)c(OCc4ccc(OC(F)F)cc4)c3)n(C)c2c1.Cl. The van der Waals surface area contributed by atoms with Crippen molar-refractivity contribution in [2.75, 3.05) is 7.11 Å². The third kappa shape index (κ3) is 7.25. The standard InChI is InChI=1S/C27H26F2N2O6.ClH/c1-31-23-13-20(34-2)10-11-22(23)30-25(31)16-35-21-9-5-18(6-12-26(32)33)24(14-21)36-15-17-3-7-19(8-4-17)37-27(28)29;/h3-5,7-11,13-14,27H,6,12,15-16H2,1-2H3,(H,32,33);1H. The molecular formula is C27H27ClF2N2O6. The van der Waals surface area contributed by atoms with E-state index in [9.17, 15) is 13.6 Å². The van der Waals surface area contributed by atoms with Crippen LogP contribution in [0.5, 0.6) is 23.0 Å². The van der Waals surface area contributed by atoms with E-state index in [0.717, 1.165) is 22.3 Å². The quantitative estimate of drug-likeness (QED) is 0.240. The van der Waals surface area contributed by atoms with Crippen molar-refractivity contribution in [3.8, 4) is 23.0 Å². The molecule has 0 spiro atoms. The molecule has 0 unspecified atom stereocenters. The zero-order chi connectivity index (χ0) is 26.4. The predicted molar refractivity (Wildman–Crippen MR) is 139 cm³/mol. The number of aromatic nitrogens is 2. The van der Waals surface area contributed by atoms with E-state index in [1.165, 1.54) is 12.1 Å². The molecule has 0 radical (unpaired) electrons. The number of fused-ring (bicyclic) bond motifs is 1. The molecule has 4 aromatic rings. The third-order valence-corrected chi connectivity index (χ3v) is 5.74. The summed E-state index contributed by atoms with van der Waals surface area (Å²) in [6.07, 6.45) is 0.220. The Morgan fingerprint density at radius 3 is 2.37 bits per heavy atom. The van der Waals surface area contributed by atoms with Crippen molar-refractivity contribution >= 4 is 29.4 Å². The van der Waals surface area contributed by atoms with Gasteiger partial charge in [0.05, 0.1) is 18.1 Å². The molecule has 8 nitrogen and oxygen atoms in total. The minimum absolute atomic E-state index is 0. The number of aliphatic carboxylic acids is 1. The van der Waals surface area contributed by atoms with Crippen molar-refractivity contribution in [2.45, 2.75) is 32.7 Å². The van der Waals surface area contributed by atoms with Gasteiger partial charge in [0, 0.05) is 25.6 Å². The summed E-state index contributed by atoms with van der Waals surface area (Å²) in [5, 5.41) is 9.10. The van der Waals surface area contributed by atoms with Gasteiger partial charge >= 0.3 is 12.6 Å². The lowest BCUT2D eigenvalue weighted by atomic mass is 10.1. The zero-order valence-corrected chi connectivity index (χ0v) is 21.5. The maximum absolute atomic E-state index is 12.4. The topological polar surface area (TPSA) is 92.0 Å². The van der Waals surface area contributed by atoms with E-state index >= 15 is 0 Å². The molecule has 0 atom stereocenters. The lowest BCUT2D eigenvalue weighted by Crippen LogP contribution is -2.05. The van der Waals surface area contributed by atoms with Crippen LogP contribution in [0, 0.1) is 0 Å². The monoisotopic (exact) mass is 548 g/mol. The van der Waals surface area contributed by atoms with Gasteiger partial charge in [0.25, 0.3) is 0 Å². The van der Waals surface area contributed by atoms with Gasteiger partial charge in [0.1, 0.15) is 42.0 Å². The van der Waals surface area contributed by atoms with Gasteiger partial charge in [-0.25, -0.2) is 4.98 Å². The van der Waals surface area contributed by atoms with Crippen LogP contribution in [0.4, 0.5) is 8.78 Å². The first kappa shape index (κ1) is 28.5. The number of aryl methyl sites for hydroxylation is 2. The van der Waals surface area contributed by atoms with Gasteiger partial charge in [-0.15, -0.1) is 12.4 Å². The number of halogens is 3. The van der Waals surface area contributed by atoms with Gasteiger partial charge < -0.3 is 28.6 Å². The van der Waals surface area contributed by atoms with Crippen LogP contribution in [0.15, 0.2) is 60.7 Å². The number of benzene rings is 3. The van der Waals surface area contributed by atoms with E-state index in [0.29, 0.717) is 22.9 Å². The summed E-state index contributed by atoms with van der Waals surface area (Å²) in [5.74, 6) is 1.58. The number of methoxy groups -OCH3 is 1. The van der Waals surface area contributed by atoms with E-state index in [4.69, 9.17) is 19.3 Å². The highest BCUT2D eigenvalue weighted by Crippen LogP contribution is 2.29. The molecule has 1 aromatic heterocycles. The highest BCUT2D eigenvalue weighted by atomic mass is 35.5. The number of alkyl halides is 2. The molecule has 0 aliphatic carbocycles. The first-order chi connectivity index (χ1) is 17.8. The molecule has 11 heteroatoms. The first-order valence-electron chi connectivity index (χ1n) is 11.5. The molecule has 1 N–H and O–H groups in total. The molecule has 0 saturated carbocycles. The van der Waals surface area contributed by atoms with Crippen molar-refractivity contribution < 1.29 is 37.6 Å². The van der Waals surface area contributed by atoms with Crippen LogP contribution in [-0.2, 0) is 31.5 Å². The van der Waals surface area contributed by atoms with Gasteiger partial charge in [-0.05, 0) is 47.9 Å². The number of carbonyl (C=O) groups is 1. The van der Waals surface area contributed by atoms with Crippen LogP contribution < -0.4 is 18.9 Å². The number of hydrogen-bond donors (Lipinski definition) is 1. The molecule has 4 rings (SSSR count). The number of nitrogens with zero attached hydrogens (tertiary/aromatic N) is 2. The Labute approximate surface area is 224 Å². The minimum Gasteiger partial charge on any atom is -0.497 e. The summed E-state index contributed by atoms with van der Waals surface area (Å²) < 4.78 is 48.3. The molecule has 0 bridgehead atoms. The first-order valence-corrected chi connectivity index (χ1v) is 11.5. The number of imidazole rings is 1. The van der Waals surface area contributed by atoms with Gasteiger partial charge in [-0.2, -0.15) is 8.78 Å². The summed E-state index contributed by atoms with van der Waals surface area (Å²) in [5.41, 5.74) is 3.17. The zero-order valence-electron chi connectivity index (χ0n) is 20.7. The van der Waals surface area contributed by atoms with Crippen LogP contribution >= 0.6 is 12.4 Å². The van der Waals surface area contributed by atoms with Crippen molar-refractivity contribution in [3.05, 3.63) is 77.6 Å². The summed E-state index contributed by atoms with van der Waals surface area (Å²) in [7, 11) is 3.51. The molecule has 0 amide bonds. The fourth-order valence-corrected chi connectivity index (χ4v) is 3.76. The van der Waals surface area contributed by atoms with Crippen molar-refractivity contribution in [1.82, 2.24) is 9.55 Å². The van der Waals surface area contributed by atoms with Crippen LogP contribution in [0.25, 0.3) is 11.0 Å². The third-order valence-electron chi connectivity index (χ3n) is 5.74. The summed E-state index contributed by atoms with van der Waals surface area (Å²) >= 11 is 0. The highest BCUT2D eigenvalue weighted by Gasteiger charge is 2.13. The predicted octanol–water partition coefficient (Wildman–Crippen LogP) is 5.78. The summed E-state index contributed by atoms with van der Waals surface area (Å²) in [6.45, 7) is -2.55. The Hall–Kier alpha value is -4.05. The largest absolute Gasteiger partial charge is 0.497 e. The molecule has 1 heterocycles. The smallest absolute Gasteiger partial charge is 0.387 e. The second-order valence-electron chi connectivity index (χ2n) is 8.20. The average Bonchev–Trinajstić information content (AvgIpc) is 3.20. The molecule has 0 fully saturated rings. The van der Waals surface area contributed by atoms with Crippen LogP contribution in [0.1, 0.15) is 23.4 Å². The van der Waals surface area contributed by atoms with Gasteiger partial charge in [0.2, 0.25) is 0 Å². The molecule has 0 saturated heterocycles. The van der Waals surface area contributed by atoms with Gasteiger partial charge in [0.15, 0.2) is 0 Å². The number of carboxylic acids is 1. The van der Waals surface area contributed by atoms with Gasteiger partial charge in [-0.3, -0.25) is 4.79 Å². The normalized spacial score (nSPS) is 10.8. The van der Waals surface area contributed by atoms with Crippen molar-refractivity contribution in [1.29, 1.82) is 0 Å². The molecule has 3 aromatic carbocycles. The van der Waals surface area contributed by atoms with Gasteiger partial charge in [-0.1, -0.05) is 18.2 Å². The second-order valence-corrected chi connectivity index (χ2v) is 8.20. The number of carboxylic acid groups (broad SMARTS) is 1. The second kappa shape index (κ2) is 13.0. The highest BCUT2D eigenvalue weighted by molar-refractivity contribution is 5.85. The van der Waals surface area contributed by atoms with E-state index in [-0.39, 0.29) is 44.2 Å². The molecule has 202 valence electrons. The van der Waals surface area contributed by atoms with E-state index < -0.39 is 12.6 Å². The molecule has 0 aliphatic rings. The summed E-state index contributed by atoms with van der Waals surface area (Å²) in [6, 6.07) is 17.0. The average molecular weight is 549 g/mol. The van der Waals surface area contributed by atoms with Crippen LogP contribution in [0.2, 0.25) is 0 Å². The number of rotatable bonds is 12. The fraction of sp³-hybridized carbons (Fsp3) is 0.259. The fourth-order valence-electron chi connectivity index (χ4n) is 3.76. The number of hydrogen-bond acceptors (Lipinski definition) is 6. The van der Waals surface area contributed by atoms with Crippen LogP contribution in [-0.4, -0.2) is 34.3 Å². The van der Waals surface area contributed by atoms with Crippen molar-refractivity contribution in [3.63, 3.8) is 0 Å². The summed E-state index contributed by atoms with van der Waals surface area (Å²) in [4.78, 5) is 15.7. The Balaban J connectivity index is 0.00000400. The lowest BCUT2D eigenvalue weighted by molar-refractivity contribution is -0.136.